The Morgan fingerprint density at radius 2 is 1.31 bits per heavy atom. The van der Waals surface area contributed by atoms with E-state index in [9.17, 15) is 0 Å². The van der Waals surface area contributed by atoms with Crippen LogP contribution in [0.15, 0.2) is 0 Å². The molecule has 0 nitrogen and oxygen atoms in total. The van der Waals surface area contributed by atoms with Gasteiger partial charge in [0.05, 0.1) is 0 Å². The third-order valence-electron chi connectivity index (χ3n) is 2.60. The highest BCUT2D eigenvalue weighted by molar-refractivity contribution is 8.76. The Morgan fingerprint density at radius 1 is 0.750 bits per heavy atom. The third-order valence-corrected chi connectivity index (χ3v) is 5.09. The van der Waals surface area contributed by atoms with Crippen molar-refractivity contribution in [3.8, 4) is 0 Å². The van der Waals surface area contributed by atoms with Crippen molar-refractivity contribution in [3.63, 3.8) is 0 Å². The van der Waals surface area contributed by atoms with Gasteiger partial charge >= 0.3 is 0 Å². The van der Waals surface area contributed by atoms with Gasteiger partial charge in [0, 0.05) is 11.5 Å². The molecular weight excluding hydrogens is 232 g/mol. The molecule has 0 heterocycles. The molecule has 0 saturated heterocycles. The summed E-state index contributed by atoms with van der Waals surface area (Å²) < 4.78 is 0. The molecule has 0 aliphatic heterocycles. The summed E-state index contributed by atoms with van der Waals surface area (Å²) in [6.45, 7) is 9.26. The molecule has 0 bridgehead atoms. The van der Waals surface area contributed by atoms with Crippen molar-refractivity contribution < 1.29 is 0 Å². The van der Waals surface area contributed by atoms with E-state index in [4.69, 9.17) is 0 Å². The second-order valence-corrected chi connectivity index (χ2v) is 8.42. The van der Waals surface area contributed by atoms with E-state index in [1.54, 1.807) is 0 Å². The van der Waals surface area contributed by atoms with Gasteiger partial charge in [-0.15, -0.1) is 0 Å². The van der Waals surface area contributed by atoms with Crippen LogP contribution in [-0.2, 0) is 0 Å². The molecule has 0 aliphatic carbocycles. The molecule has 0 aromatic heterocycles. The van der Waals surface area contributed by atoms with Crippen LogP contribution in [0.3, 0.4) is 0 Å². The Hall–Kier alpha value is 0.700. The molecule has 98 valence electrons. The van der Waals surface area contributed by atoms with Crippen molar-refractivity contribution in [1.29, 1.82) is 0 Å². The normalized spacial score (nSPS) is 12.0. The summed E-state index contributed by atoms with van der Waals surface area (Å²) in [6, 6.07) is 0. The summed E-state index contributed by atoms with van der Waals surface area (Å²) in [5, 5.41) is 0. The highest BCUT2D eigenvalue weighted by Crippen LogP contribution is 2.28. The van der Waals surface area contributed by atoms with Crippen molar-refractivity contribution in [3.05, 3.63) is 0 Å². The van der Waals surface area contributed by atoms with E-state index in [2.05, 4.69) is 49.3 Å². The fourth-order valence-corrected chi connectivity index (χ4v) is 3.97. The van der Waals surface area contributed by atoms with Crippen LogP contribution in [0.1, 0.15) is 72.6 Å². The fraction of sp³-hybridized carbons (Fsp3) is 1.00. The van der Waals surface area contributed by atoms with Gasteiger partial charge in [-0.3, -0.25) is 0 Å². The predicted octanol–water partition coefficient (Wildman–Crippen LogP) is 6.16. The summed E-state index contributed by atoms with van der Waals surface area (Å²) in [6.07, 6.45) is 9.86. The largest absolute Gasteiger partial charge is 0.0942 e. The molecule has 0 aromatic carbocycles. The quantitative estimate of drug-likeness (QED) is 0.341. The summed E-state index contributed by atoms with van der Waals surface area (Å²) >= 11 is 0. The van der Waals surface area contributed by atoms with Gasteiger partial charge in [0.15, 0.2) is 0 Å². The maximum Gasteiger partial charge on any atom is 0.00419 e. The SMILES string of the molecule is CCCCCCCCSSCCC(C)(C)C. The van der Waals surface area contributed by atoms with Gasteiger partial charge in [0.1, 0.15) is 0 Å². The molecule has 0 amide bonds. The van der Waals surface area contributed by atoms with Crippen molar-refractivity contribution in [2.24, 2.45) is 5.41 Å². The molecule has 0 unspecified atom stereocenters. The first-order chi connectivity index (χ1) is 7.56. The molecule has 0 spiro atoms. The smallest absolute Gasteiger partial charge is 0.00419 e. The standard InChI is InChI=1S/C14H30S2/c1-5-6-7-8-9-10-12-15-16-13-11-14(2,3)4/h5-13H2,1-4H3. The van der Waals surface area contributed by atoms with E-state index in [0.717, 1.165) is 0 Å². The number of hydrogen-bond donors (Lipinski definition) is 0. The molecular formula is C14H30S2. The highest BCUT2D eigenvalue weighted by Gasteiger charge is 2.08. The van der Waals surface area contributed by atoms with Crippen LogP contribution in [0, 0.1) is 5.41 Å². The van der Waals surface area contributed by atoms with Gasteiger partial charge in [-0.05, 0) is 18.3 Å². The topological polar surface area (TPSA) is 0 Å². The number of hydrogen-bond acceptors (Lipinski definition) is 2. The van der Waals surface area contributed by atoms with E-state index in [-0.39, 0.29) is 0 Å². The monoisotopic (exact) mass is 262 g/mol. The molecule has 0 fully saturated rings. The van der Waals surface area contributed by atoms with E-state index in [1.807, 2.05) is 0 Å². The Kier molecular flexibility index (Phi) is 11.3. The Labute approximate surface area is 111 Å². The zero-order valence-corrected chi connectivity index (χ0v) is 13.3. The van der Waals surface area contributed by atoms with E-state index < -0.39 is 0 Å². The molecule has 0 N–H and O–H groups in total. The first-order valence-corrected chi connectivity index (χ1v) is 9.29. The van der Waals surface area contributed by atoms with Crippen LogP contribution in [-0.4, -0.2) is 11.5 Å². The minimum absolute atomic E-state index is 0.508. The lowest BCUT2D eigenvalue weighted by Crippen LogP contribution is -2.05. The molecule has 0 aliphatic rings. The van der Waals surface area contributed by atoms with Crippen molar-refractivity contribution in [2.45, 2.75) is 72.6 Å². The fourth-order valence-electron chi connectivity index (χ4n) is 1.41. The zero-order valence-electron chi connectivity index (χ0n) is 11.7. The van der Waals surface area contributed by atoms with Crippen LogP contribution in [0.25, 0.3) is 0 Å². The van der Waals surface area contributed by atoms with Crippen LogP contribution in [0.5, 0.6) is 0 Å². The molecule has 0 atom stereocenters. The minimum Gasteiger partial charge on any atom is -0.0942 e. The van der Waals surface area contributed by atoms with Gasteiger partial charge in [0.2, 0.25) is 0 Å². The van der Waals surface area contributed by atoms with Gasteiger partial charge in [0.25, 0.3) is 0 Å². The minimum atomic E-state index is 0.508. The number of rotatable bonds is 10. The maximum atomic E-state index is 2.33. The summed E-state index contributed by atoms with van der Waals surface area (Å²) in [7, 11) is 4.14. The van der Waals surface area contributed by atoms with Gasteiger partial charge < -0.3 is 0 Å². The maximum absolute atomic E-state index is 2.33. The first kappa shape index (κ1) is 16.7. The van der Waals surface area contributed by atoms with Crippen LogP contribution >= 0.6 is 21.6 Å². The summed E-state index contributed by atoms with van der Waals surface area (Å²) in [5.74, 6) is 2.66. The predicted molar refractivity (Wildman–Crippen MR) is 82.4 cm³/mol. The Bertz CT molecular complexity index is 138. The molecule has 0 rings (SSSR count). The molecule has 0 saturated carbocycles. The van der Waals surface area contributed by atoms with Crippen molar-refractivity contribution >= 4 is 21.6 Å². The lowest BCUT2D eigenvalue weighted by Gasteiger charge is -2.16. The van der Waals surface area contributed by atoms with Crippen LogP contribution < -0.4 is 0 Å². The summed E-state index contributed by atoms with van der Waals surface area (Å²) in [5.41, 5.74) is 0.508. The van der Waals surface area contributed by atoms with Crippen LogP contribution in [0.4, 0.5) is 0 Å². The Morgan fingerprint density at radius 3 is 1.94 bits per heavy atom. The van der Waals surface area contributed by atoms with E-state index in [0.29, 0.717) is 5.41 Å². The average Bonchev–Trinajstić information content (AvgIpc) is 2.19. The lowest BCUT2D eigenvalue weighted by molar-refractivity contribution is 0.402. The van der Waals surface area contributed by atoms with Crippen molar-refractivity contribution in [2.75, 3.05) is 11.5 Å². The molecule has 16 heavy (non-hydrogen) atoms. The van der Waals surface area contributed by atoms with Gasteiger partial charge in [-0.1, -0.05) is 81.4 Å². The van der Waals surface area contributed by atoms with Crippen molar-refractivity contribution in [1.82, 2.24) is 0 Å². The van der Waals surface area contributed by atoms with E-state index >= 15 is 0 Å². The van der Waals surface area contributed by atoms with Gasteiger partial charge in [-0.2, -0.15) is 0 Å². The van der Waals surface area contributed by atoms with Gasteiger partial charge in [-0.25, -0.2) is 0 Å². The number of unbranched alkanes of at least 4 members (excludes halogenated alkanes) is 5. The highest BCUT2D eigenvalue weighted by atomic mass is 33.1. The molecule has 2 heteroatoms. The molecule has 0 aromatic rings. The Balaban J connectivity index is 2.99. The average molecular weight is 263 g/mol. The second-order valence-electron chi connectivity index (χ2n) is 5.72. The summed E-state index contributed by atoms with van der Waals surface area (Å²) in [4.78, 5) is 0. The van der Waals surface area contributed by atoms with Crippen LogP contribution in [0.2, 0.25) is 0 Å². The first-order valence-electron chi connectivity index (χ1n) is 6.80. The van der Waals surface area contributed by atoms with E-state index in [1.165, 1.54) is 56.5 Å². The third kappa shape index (κ3) is 14.7. The lowest BCUT2D eigenvalue weighted by atomic mass is 9.94. The zero-order chi connectivity index (χ0) is 12.3. The second kappa shape index (κ2) is 10.8. The molecule has 0 radical (unpaired) electrons.